The molecule has 9 N–H and O–H groups in total. The van der Waals surface area contributed by atoms with Crippen LogP contribution < -0.4 is 45.0 Å². The van der Waals surface area contributed by atoms with Crippen LogP contribution >= 0.6 is 76.6 Å². The molecule has 0 spiro atoms. The van der Waals surface area contributed by atoms with Crippen molar-refractivity contribution in [2.24, 2.45) is 15.4 Å². The van der Waals surface area contributed by atoms with Gasteiger partial charge >= 0.3 is 40.9 Å². The summed E-state index contributed by atoms with van der Waals surface area (Å²) in [5.41, 5.74) is 0.747. The quantitative estimate of drug-likeness (QED) is 0.0494. The van der Waals surface area contributed by atoms with Gasteiger partial charge in [-0.05, 0) is 121 Å². The number of carbonyl (C=O) groups excluding carboxylic acids is 3. The number of benzene rings is 5. The number of nitrogens with two attached hydrogens (primary N) is 3. The second kappa shape index (κ2) is 36.9. The van der Waals surface area contributed by atoms with E-state index in [1.807, 2.05) is 0 Å². The third-order valence-electron chi connectivity index (χ3n) is 10.1. The number of hydrogen-bond acceptors (Lipinski definition) is 15. The largest absolute Gasteiger partial charge is 1.00 e. The van der Waals surface area contributed by atoms with E-state index in [1.54, 1.807) is 72.9 Å². The molecule has 5 aromatic carbocycles. The van der Waals surface area contributed by atoms with Crippen molar-refractivity contribution in [2.75, 3.05) is 7.11 Å². The van der Waals surface area contributed by atoms with Crippen LogP contribution in [0.15, 0.2) is 225 Å². The molecular weight excluding hydrogens is 1400 g/mol. The molecule has 86 heavy (non-hydrogen) atoms. The zero-order valence-electron chi connectivity index (χ0n) is 44.4. The number of ketones is 2. The number of hydrogen-bond donors (Lipinski definition) is 5. The summed E-state index contributed by atoms with van der Waals surface area (Å²) in [4.78, 5) is 37.5. The number of aromatic amines is 1. The Bertz CT molecular complexity index is 4180. The number of sulfonamides is 3. The molecule has 8 aromatic rings. The Morgan fingerprint density at radius 1 is 0.500 bits per heavy atom. The number of rotatable bonds is 12. The maximum absolute atomic E-state index is 12.6. The molecule has 0 saturated carbocycles. The van der Waals surface area contributed by atoms with E-state index in [1.165, 1.54) is 89.4 Å². The second-order valence-corrected chi connectivity index (χ2v) is 32.1. The van der Waals surface area contributed by atoms with Crippen molar-refractivity contribution in [3.63, 3.8) is 0 Å². The minimum Gasteiger partial charge on any atom is -0.870 e. The predicted octanol–water partition coefficient (Wildman–Crippen LogP) is 6.52. The summed E-state index contributed by atoms with van der Waals surface area (Å²) in [7, 11) is -3.38. The molecule has 0 atom stereocenters. The van der Waals surface area contributed by atoms with Crippen LogP contribution in [0.1, 0.15) is 48.6 Å². The first-order valence-electron chi connectivity index (χ1n) is 22.8. The van der Waals surface area contributed by atoms with Gasteiger partial charge in [0.2, 0.25) is 30.1 Å². The molecule has 0 bridgehead atoms. The fraction of sp³-hybridized carbons (Fsp3) is 0.0392. The SMILES string of the molecule is C1=CCC=C1.CO.NS(=O)(=O)c1cc(C(=O)Cl)ccc1Cl.NS(=O)(=O)c1cc(C(=O)c2cc[nH]c2)ccc1Cl.NS(=O)(=O)c1cc(C(=O)c2ccn(S(=O)(=O)c3ccccc3)c2)ccc1Cl.O=S(=O)(c1ccccc1)n1cccc1.[Cl][Al]([Cl])[Cl].[Na+].[OH-]. The average molecular weight is 1440 g/mol. The molecule has 0 saturated heterocycles. The van der Waals surface area contributed by atoms with E-state index < -0.39 is 72.5 Å². The number of carbonyl (C=O) groups is 3. The first-order valence-corrected chi connectivity index (χ1v) is 37.0. The number of aromatic nitrogens is 3. The Balaban J connectivity index is 0.000000552. The Morgan fingerprint density at radius 2 is 0.860 bits per heavy atom. The molecule has 9 rings (SSSR count). The topological polar surface area (TPSA) is 376 Å². The average Bonchev–Trinajstić information content (AvgIpc) is 3.43. The van der Waals surface area contributed by atoms with E-state index in [0.717, 1.165) is 35.8 Å². The van der Waals surface area contributed by atoms with Crippen molar-refractivity contribution in [2.45, 2.75) is 30.9 Å². The van der Waals surface area contributed by atoms with Crippen molar-refractivity contribution < 1.29 is 96.6 Å². The Hall–Kier alpha value is -4.46. The van der Waals surface area contributed by atoms with Crippen molar-refractivity contribution in [1.29, 1.82) is 0 Å². The first kappa shape index (κ1) is 79.6. The van der Waals surface area contributed by atoms with Crippen LogP contribution in [0.4, 0.5) is 0 Å². The summed E-state index contributed by atoms with van der Waals surface area (Å²) in [6.45, 7) is 0. The first-order chi connectivity index (χ1) is 39.3. The normalized spacial score (nSPS) is 11.3. The van der Waals surface area contributed by atoms with Crippen molar-refractivity contribution >= 4 is 155 Å². The molecule has 0 unspecified atom stereocenters. The van der Waals surface area contributed by atoms with E-state index in [9.17, 15) is 56.5 Å². The number of nitrogens with one attached hydrogen (secondary N) is 1. The summed E-state index contributed by atoms with van der Waals surface area (Å²) < 4.78 is 119. The second-order valence-electron chi connectivity index (χ2n) is 15.8. The van der Waals surface area contributed by atoms with Crippen LogP contribution in [0.2, 0.25) is 15.1 Å². The number of halogens is 7. The maximum Gasteiger partial charge on any atom is 1.00 e. The molecular formula is C51H47AlCl7N6NaO15S5. The number of primary sulfonamides is 3. The van der Waals surface area contributed by atoms with Crippen molar-refractivity contribution in [1.82, 2.24) is 12.9 Å². The zero-order chi connectivity index (χ0) is 63.2. The van der Waals surface area contributed by atoms with Gasteiger partial charge in [0.15, 0.2) is 11.6 Å². The van der Waals surface area contributed by atoms with Gasteiger partial charge in [0.05, 0.1) is 24.9 Å². The Morgan fingerprint density at radius 3 is 1.20 bits per heavy atom. The fourth-order valence-corrected chi connectivity index (χ4v) is 12.1. The van der Waals surface area contributed by atoms with E-state index >= 15 is 0 Å². The van der Waals surface area contributed by atoms with Gasteiger partial charge in [-0.15, -0.1) is 0 Å². The summed E-state index contributed by atoms with van der Waals surface area (Å²) >= 11 is 20.6. The fourth-order valence-electron chi connectivity index (χ4n) is 6.33. The third kappa shape index (κ3) is 24.8. The number of aliphatic hydroxyl groups is 1. The molecule has 3 heterocycles. The molecule has 454 valence electrons. The predicted molar refractivity (Wildman–Crippen MR) is 330 cm³/mol. The molecule has 0 fully saturated rings. The Labute approximate surface area is 555 Å². The zero-order valence-corrected chi connectivity index (χ0v) is 56.9. The number of allylic oxidation sites excluding steroid dienone is 4. The standard InChI is InChI=1S/C17H13ClN2O5S2.C11H9ClN2O3S.C10H9NO2S.C7H5Cl2NO3S.C5H6.CH4O.Al.3ClH.Na.H2O/c18-15-7-6-12(10-16(15)26(19,22)23)17(21)13-8-9-20(11-13)27(24,25)14-4-2-1-3-5-14;12-9-2-1-7(5-10(9)18(13,16)17)11(15)8-3-4-14-6-8;12-14(13,11-8-4-5-9-11)10-6-2-1-3-7-10;8-5-2-1-4(7(9)11)3-6(5)14(10,12)13;1-2-4-5-3-1;1-2;;;;;;/h1-11H,(H2,19,22,23);1-6,14H,(H2,13,16,17);1-9H;1-3H,(H2,10,12,13);1-4H,5H2;2H,1H3;;3*1H;;1H2/q;;;;;;+3;;;;+1;/p-4. The van der Waals surface area contributed by atoms with Crippen LogP contribution in [0.5, 0.6) is 0 Å². The minimum absolute atomic E-state index is 0. The van der Waals surface area contributed by atoms with Crippen molar-refractivity contribution in [3.8, 4) is 0 Å². The summed E-state index contributed by atoms with van der Waals surface area (Å²) in [5, 5.41) is 21.0. The summed E-state index contributed by atoms with van der Waals surface area (Å²) in [6, 6.07) is 33.6. The van der Waals surface area contributed by atoms with Gasteiger partial charge in [0, 0.05) is 72.1 Å². The molecule has 0 amide bonds. The smallest absolute Gasteiger partial charge is 0.870 e. The van der Waals surface area contributed by atoms with Gasteiger partial charge in [-0.2, -0.15) is 0 Å². The number of aliphatic hydroxyl groups excluding tert-OH is 1. The maximum atomic E-state index is 12.6. The van der Waals surface area contributed by atoms with Crippen LogP contribution in [-0.4, -0.2) is 101 Å². The van der Waals surface area contributed by atoms with E-state index in [0.29, 0.717) is 10.5 Å². The number of nitrogens with zero attached hydrogens (tertiary/aromatic N) is 2. The third-order valence-corrected chi connectivity index (χ3v) is 17.8. The number of H-pyrrole nitrogens is 1. The van der Waals surface area contributed by atoms with Gasteiger partial charge in [-0.1, -0.05) is 95.5 Å². The van der Waals surface area contributed by atoms with Gasteiger partial charge in [-0.25, -0.2) is 95.6 Å². The minimum atomic E-state index is -4.11. The molecule has 21 nitrogen and oxygen atoms in total. The summed E-state index contributed by atoms with van der Waals surface area (Å²) in [6.07, 6.45) is 18.1. The van der Waals surface area contributed by atoms with E-state index in [-0.39, 0.29) is 97.7 Å². The van der Waals surface area contributed by atoms with E-state index in [4.69, 9.17) is 97.1 Å². The van der Waals surface area contributed by atoms with Crippen LogP contribution in [-0.2, 0) is 50.1 Å². The van der Waals surface area contributed by atoms with Crippen molar-refractivity contribution in [3.05, 3.63) is 244 Å². The van der Waals surface area contributed by atoms with Gasteiger partial charge in [-0.3, -0.25) is 14.4 Å². The Kier molecular flexibility index (Phi) is 34.1. The van der Waals surface area contributed by atoms with Crippen LogP contribution in [0, 0.1) is 0 Å². The molecule has 0 aliphatic heterocycles. The van der Waals surface area contributed by atoms with Gasteiger partial charge in [0.25, 0.3) is 25.3 Å². The van der Waals surface area contributed by atoms with Gasteiger partial charge < -0.3 is 15.6 Å². The molecule has 0 radical (unpaired) electrons. The molecule has 3 aromatic heterocycles. The van der Waals surface area contributed by atoms with Crippen LogP contribution in [0.3, 0.4) is 0 Å². The van der Waals surface area contributed by atoms with E-state index in [2.05, 4.69) is 29.3 Å². The van der Waals surface area contributed by atoms with Gasteiger partial charge in [0.1, 0.15) is 14.7 Å². The summed E-state index contributed by atoms with van der Waals surface area (Å²) in [5.74, 6) is -0.878. The molecule has 1 aliphatic carbocycles. The molecule has 35 heteroatoms. The van der Waals surface area contributed by atoms with Crippen LogP contribution in [0.25, 0.3) is 0 Å². The monoisotopic (exact) mass is 1440 g/mol. The molecule has 1 aliphatic rings.